The monoisotopic (exact) mass is 413 g/mol. The number of amides is 1. The highest BCUT2D eigenvalue weighted by Crippen LogP contribution is 2.52. The molecule has 0 bridgehead atoms. The Morgan fingerprint density at radius 3 is 2.57 bits per heavy atom. The Kier molecular flexibility index (Phi) is 3.73. The lowest BCUT2D eigenvalue weighted by Crippen LogP contribution is -2.28. The van der Waals surface area contributed by atoms with Crippen LogP contribution in [0.3, 0.4) is 0 Å². The summed E-state index contributed by atoms with van der Waals surface area (Å²) in [5.41, 5.74) is 1.80. The SMILES string of the molecule is CC(C)(C)c1cc2cc(NC(=O)C3(c4ccc5c(c4)OC(F)(F)O5)CC3)ncc2[nH]1. The van der Waals surface area contributed by atoms with Crippen LogP contribution in [-0.2, 0) is 15.6 Å². The molecule has 8 heteroatoms. The van der Waals surface area contributed by atoms with E-state index < -0.39 is 11.7 Å². The van der Waals surface area contributed by atoms with Crippen molar-refractivity contribution >= 4 is 22.6 Å². The van der Waals surface area contributed by atoms with Crippen LogP contribution in [-0.4, -0.2) is 22.2 Å². The van der Waals surface area contributed by atoms with Gasteiger partial charge in [-0.3, -0.25) is 4.79 Å². The van der Waals surface area contributed by atoms with E-state index in [9.17, 15) is 13.6 Å². The summed E-state index contributed by atoms with van der Waals surface area (Å²) in [7, 11) is 0. The zero-order chi connectivity index (χ0) is 21.3. The van der Waals surface area contributed by atoms with Crippen molar-refractivity contribution in [2.45, 2.75) is 50.7 Å². The number of benzene rings is 1. The number of rotatable bonds is 3. The molecule has 156 valence electrons. The fraction of sp³-hybridized carbons (Fsp3) is 0.364. The molecular weight excluding hydrogens is 392 g/mol. The normalized spacial score (nSPS) is 18.4. The molecule has 1 saturated carbocycles. The number of hydrogen-bond acceptors (Lipinski definition) is 4. The highest BCUT2D eigenvalue weighted by Gasteiger charge is 2.53. The van der Waals surface area contributed by atoms with Crippen LogP contribution in [0.2, 0.25) is 0 Å². The van der Waals surface area contributed by atoms with Gasteiger partial charge in [0, 0.05) is 16.5 Å². The summed E-state index contributed by atoms with van der Waals surface area (Å²) in [5.74, 6) is 0.143. The molecule has 0 saturated heterocycles. The number of aromatic amines is 1. The second-order valence-corrected chi connectivity index (χ2v) is 8.96. The molecule has 1 aromatic carbocycles. The van der Waals surface area contributed by atoms with E-state index in [-0.39, 0.29) is 22.8 Å². The number of carbonyl (C=O) groups is 1. The molecule has 30 heavy (non-hydrogen) atoms. The van der Waals surface area contributed by atoms with Crippen molar-refractivity contribution in [3.05, 3.63) is 47.8 Å². The highest BCUT2D eigenvalue weighted by molar-refractivity contribution is 6.01. The molecular formula is C22H21F2N3O3. The molecule has 0 radical (unpaired) electrons. The van der Waals surface area contributed by atoms with Gasteiger partial charge in [-0.25, -0.2) is 4.98 Å². The van der Waals surface area contributed by atoms with Crippen molar-refractivity contribution in [1.82, 2.24) is 9.97 Å². The molecule has 6 nitrogen and oxygen atoms in total. The van der Waals surface area contributed by atoms with Gasteiger partial charge < -0.3 is 19.8 Å². The number of halogens is 2. The first-order valence-electron chi connectivity index (χ1n) is 9.77. The molecule has 2 N–H and O–H groups in total. The van der Waals surface area contributed by atoms with Gasteiger partial charge in [0.2, 0.25) is 5.91 Å². The fourth-order valence-corrected chi connectivity index (χ4v) is 3.76. The first-order chi connectivity index (χ1) is 14.1. The van der Waals surface area contributed by atoms with E-state index >= 15 is 0 Å². The Bertz CT molecular complexity index is 1180. The van der Waals surface area contributed by atoms with Crippen LogP contribution in [0.15, 0.2) is 36.5 Å². The van der Waals surface area contributed by atoms with E-state index in [0.29, 0.717) is 24.2 Å². The molecule has 0 spiro atoms. The van der Waals surface area contributed by atoms with Crippen LogP contribution in [0, 0.1) is 0 Å². The summed E-state index contributed by atoms with van der Waals surface area (Å²) in [6.07, 6.45) is -0.741. The number of nitrogens with one attached hydrogen (secondary N) is 2. The Balaban J connectivity index is 1.39. The standard InChI is InChI=1S/C22H21F2N3O3/c1-20(2,3)17-8-12-9-18(25-11-14(12)26-17)27-19(28)21(6-7-21)13-4-5-15-16(10-13)30-22(23,24)29-15/h4-5,8-11,26H,6-7H2,1-3H3,(H,25,27,28). The Morgan fingerprint density at radius 2 is 1.87 bits per heavy atom. The summed E-state index contributed by atoms with van der Waals surface area (Å²) < 4.78 is 35.6. The van der Waals surface area contributed by atoms with E-state index in [4.69, 9.17) is 0 Å². The van der Waals surface area contributed by atoms with Gasteiger partial charge in [-0.2, -0.15) is 0 Å². The smallest absolute Gasteiger partial charge is 0.395 e. The minimum Gasteiger partial charge on any atom is -0.395 e. The van der Waals surface area contributed by atoms with Crippen LogP contribution < -0.4 is 14.8 Å². The van der Waals surface area contributed by atoms with Gasteiger partial charge in [0.15, 0.2) is 11.5 Å². The Morgan fingerprint density at radius 1 is 1.13 bits per heavy atom. The van der Waals surface area contributed by atoms with Gasteiger partial charge >= 0.3 is 6.29 Å². The number of aromatic nitrogens is 2. The van der Waals surface area contributed by atoms with E-state index in [0.717, 1.165) is 16.6 Å². The third-order valence-corrected chi connectivity index (χ3v) is 5.69. The number of hydrogen-bond donors (Lipinski definition) is 2. The van der Waals surface area contributed by atoms with Crippen molar-refractivity contribution in [3.63, 3.8) is 0 Å². The van der Waals surface area contributed by atoms with Crippen molar-refractivity contribution in [2.24, 2.45) is 0 Å². The van der Waals surface area contributed by atoms with Gasteiger partial charge in [-0.1, -0.05) is 26.8 Å². The molecule has 1 aliphatic carbocycles. The van der Waals surface area contributed by atoms with E-state index in [2.05, 4.69) is 51.6 Å². The number of ether oxygens (including phenoxy) is 2. The van der Waals surface area contributed by atoms with Crippen molar-refractivity contribution in [2.75, 3.05) is 5.32 Å². The topological polar surface area (TPSA) is 76.2 Å². The highest BCUT2D eigenvalue weighted by atomic mass is 19.3. The van der Waals surface area contributed by atoms with Crippen molar-refractivity contribution in [3.8, 4) is 11.5 Å². The van der Waals surface area contributed by atoms with Gasteiger partial charge in [-0.05, 0) is 42.7 Å². The molecule has 0 unspecified atom stereocenters. The fourth-order valence-electron chi connectivity index (χ4n) is 3.76. The zero-order valence-electron chi connectivity index (χ0n) is 16.8. The van der Waals surface area contributed by atoms with Crippen molar-refractivity contribution in [1.29, 1.82) is 0 Å². The van der Waals surface area contributed by atoms with E-state index in [1.165, 1.54) is 12.1 Å². The number of alkyl halides is 2. The minimum atomic E-state index is -3.68. The molecule has 3 aromatic rings. The van der Waals surface area contributed by atoms with E-state index in [1.54, 1.807) is 12.3 Å². The van der Waals surface area contributed by atoms with Crippen LogP contribution >= 0.6 is 0 Å². The second kappa shape index (κ2) is 5.93. The second-order valence-electron chi connectivity index (χ2n) is 8.96. The summed E-state index contributed by atoms with van der Waals surface area (Å²) in [6, 6.07) is 8.39. The largest absolute Gasteiger partial charge is 0.586 e. The number of anilines is 1. The maximum Gasteiger partial charge on any atom is 0.586 e. The molecule has 3 heterocycles. The first-order valence-corrected chi connectivity index (χ1v) is 9.77. The number of H-pyrrole nitrogens is 1. The molecule has 1 aliphatic heterocycles. The van der Waals surface area contributed by atoms with Crippen LogP contribution in [0.25, 0.3) is 10.9 Å². The van der Waals surface area contributed by atoms with Crippen molar-refractivity contribution < 1.29 is 23.0 Å². The quantitative estimate of drug-likeness (QED) is 0.644. The lowest BCUT2D eigenvalue weighted by Gasteiger charge is -2.16. The predicted molar refractivity (Wildman–Crippen MR) is 107 cm³/mol. The summed E-state index contributed by atoms with van der Waals surface area (Å²) >= 11 is 0. The maximum absolute atomic E-state index is 13.3. The lowest BCUT2D eigenvalue weighted by molar-refractivity contribution is -0.286. The average Bonchev–Trinajstić information content (AvgIpc) is 3.24. The summed E-state index contributed by atoms with van der Waals surface area (Å²) in [5, 5.41) is 3.84. The molecule has 0 atom stereocenters. The summed E-state index contributed by atoms with van der Waals surface area (Å²) in [4.78, 5) is 20.7. The number of pyridine rings is 1. The molecule has 2 aromatic heterocycles. The number of nitrogens with zero attached hydrogens (tertiary/aromatic N) is 1. The number of carbonyl (C=O) groups excluding carboxylic acids is 1. The molecule has 1 amide bonds. The lowest BCUT2D eigenvalue weighted by atomic mass is 9.92. The minimum absolute atomic E-state index is 0.0311. The Hall–Kier alpha value is -3.16. The Labute approximate surface area is 171 Å². The molecule has 5 rings (SSSR count). The van der Waals surface area contributed by atoms with Gasteiger partial charge in [0.25, 0.3) is 0 Å². The zero-order valence-corrected chi connectivity index (χ0v) is 16.8. The maximum atomic E-state index is 13.3. The first kappa shape index (κ1) is 18.8. The molecule has 1 fully saturated rings. The van der Waals surface area contributed by atoms with Gasteiger partial charge in [-0.15, -0.1) is 8.78 Å². The summed E-state index contributed by atoms with van der Waals surface area (Å²) in [6.45, 7) is 6.35. The molecule has 2 aliphatic rings. The average molecular weight is 413 g/mol. The number of fused-ring (bicyclic) bond motifs is 2. The van der Waals surface area contributed by atoms with Crippen LogP contribution in [0.4, 0.5) is 14.6 Å². The predicted octanol–water partition coefficient (Wildman–Crippen LogP) is 4.85. The van der Waals surface area contributed by atoms with Crippen LogP contribution in [0.1, 0.15) is 44.9 Å². The van der Waals surface area contributed by atoms with Crippen LogP contribution in [0.5, 0.6) is 11.5 Å². The van der Waals surface area contributed by atoms with E-state index in [1.807, 2.05) is 6.07 Å². The van der Waals surface area contributed by atoms with Gasteiger partial charge in [0.05, 0.1) is 17.1 Å². The third kappa shape index (κ3) is 3.07. The van der Waals surface area contributed by atoms with Gasteiger partial charge in [0.1, 0.15) is 5.82 Å². The third-order valence-electron chi connectivity index (χ3n) is 5.69.